The molecule has 1 aliphatic heterocycles. The molecule has 4 N–H and O–H groups in total. The molecule has 226 valence electrons. The Morgan fingerprint density at radius 1 is 0.976 bits per heavy atom. The lowest BCUT2D eigenvalue weighted by Gasteiger charge is -2.27. The van der Waals surface area contributed by atoms with E-state index in [0.717, 1.165) is 35.7 Å². The summed E-state index contributed by atoms with van der Waals surface area (Å²) in [5.41, 5.74) is 2.40. The van der Waals surface area contributed by atoms with Gasteiger partial charge in [-0.1, -0.05) is 63.4 Å². The van der Waals surface area contributed by atoms with Gasteiger partial charge >= 0.3 is 0 Å². The van der Waals surface area contributed by atoms with E-state index in [2.05, 4.69) is 31.2 Å². The second kappa shape index (κ2) is 14.2. The summed E-state index contributed by atoms with van der Waals surface area (Å²) in [6, 6.07) is 4.92. The molecule has 3 heterocycles. The number of nitrogens with zero attached hydrogens (tertiary/aromatic N) is 3. The topological polar surface area (TPSA) is 151 Å². The molecule has 0 spiro atoms. The highest BCUT2D eigenvalue weighted by molar-refractivity contribution is 5.93. The summed E-state index contributed by atoms with van der Waals surface area (Å²) >= 11 is 0. The summed E-state index contributed by atoms with van der Waals surface area (Å²) in [4.78, 5) is 55.9. The van der Waals surface area contributed by atoms with Crippen molar-refractivity contribution in [2.75, 3.05) is 0 Å². The van der Waals surface area contributed by atoms with E-state index in [0.29, 0.717) is 31.4 Å². The number of aromatic amines is 1. The maximum absolute atomic E-state index is 13.9. The van der Waals surface area contributed by atoms with Crippen LogP contribution in [-0.2, 0) is 25.6 Å². The fourth-order valence-electron chi connectivity index (χ4n) is 5.33. The molecule has 11 heteroatoms. The van der Waals surface area contributed by atoms with Gasteiger partial charge < -0.3 is 20.9 Å². The van der Waals surface area contributed by atoms with Gasteiger partial charge in [-0.3, -0.25) is 19.2 Å². The van der Waals surface area contributed by atoms with E-state index < -0.39 is 30.1 Å². The largest absolute Gasteiger partial charge is 0.361 e. The van der Waals surface area contributed by atoms with Gasteiger partial charge in [0.1, 0.15) is 29.6 Å². The van der Waals surface area contributed by atoms with Crippen LogP contribution in [0.3, 0.4) is 0 Å². The van der Waals surface area contributed by atoms with Crippen LogP contribution >= 0.6 is 0 Å². The highest BCUT2D eigenvalue weighted by atomic mass is 16.2. The van der Waals surface area contributed by atoms with Crippen molar-refractivity contribution in [3.8, 4) is 0 Å². The molecule has 1 aliphatic rings. The van der Waals surface area contributed by atoms with E-state index in [4.69, 9.17) is 0 Å². The first-order valence-corrected chi connectivity index (χ1v) is 15.1. The number of para-hydroxylation sites is 1. The van der Waals surface area contributed by atoms with Gasteiger partial charge in [0, 0.05) is 36.4 Å². The maximum Gasteiger partial charge on any atom is 0.245 e. The van der Waals surface area contributed by atoms with Crippen molar-refractivity contribution in [3.05, 3.63) is 47.9 Å². The number of nitrogens with one attached hydrogen (secondary N) is 4. The van der Waals surface area contributed by atoms with Crippen LogP contribution in [0.1, 0.15) is 96.0 Å². The van der Waals surface area contributed by atoms with Crippen molar-refractivity contribution < 1.29 is 19.2 Å². The number of hydrogen-bond acceptors (Lipinski definition) is 6. The molecule has 0 unspecified atom stereocenters. The summed E-state index contributed by atoms with van der Waals surface area (Å²) in [6.45, 7) is 7.61. The van der Waals surface area contributed by atoms with Crippen LogP contribution in [0.2, 0.25) is 0 Å². The van der Waals surface area contributed by atoms with E-state index in [-0.39, 0.29) is 29.9 Å². The summed E-state index contributed by atoms with van der Waals surface area (Å²) in [5, 5.41) is 18.5. The van der Waals surface area contributed by atoms with Gasteiger partial charge in [0.05, 0.1) is 12.2 Å². The molecular formula is C31H43N7O4. The molecule has 11 nitrogen and oxygen atoms in total. The van der Waals surface area contributed by atoms with Gasteiger partial charge in [0.15, 0.2) is 0 Å². The molecule has 0 fully saturated rings. The molecule has 2 aromatic heterocycles. The molecule has 4 rings (SSSR count). The molecule has 3 aromatic rings. The average Bonchev–Trinajstić information content (AvgIpc) is 3.65. The molecule has 5 atom stereocenters. The van der Waals surface area contributed by atoms with Crippen molar-refractivity contribution >= 4 is 34.4 Å². The van der Waals surface area contributed by atoms with Crippen LogP contribution in [-0.4, -0.2) is 55.6 Å². The van der Waals surface area contributed by atoms with Gasteiger partial charge in [-0.2, -0.15) is 0 Å². The van der Waals surface area contributed by atoms with Gasteiger partial charge in [-0.25, -0.2) is 4.68 Å². The first-order valence-electron chi connectivity index (χ1n) is 15.1. The number of rotatable bonds is 11. The molecule has 0 saturated carbocycles. The summed E-state index contributed by atoms with van der Waals surface area (Å²) in [5.74, 6) is -0.863. The minimum atomic E-state index is -0.891. The van der Waals surface area contributed by atoms with Crippen LogP contribution < -0.4 is 16.0 Å². The number of carbonyl (C=O) groups excluding carboxylic acids is 4. The fourth-order valence-corrected chi connectivity index (χ4v) is 5.33. The predicted octanol–water partition coefficient (Wildman–Crippen LogP) is 3.68. The molecule has 2 bridgehead atoms. The van der Waals surface area contributed by atoms with Crippen molar-refractivity contribution in [2.45, 2.75) is 103 Å². The van der Waals surface area contributed by atoms with Crippen molar-refractivity contribution in [1.82, 2.24) is 35.9 Å². The molecule has 42 heavy (non-hydrogen) atoms. The lowest BCUT2D eigenvalue weighted by atomic mass is 9.95. The van der Waals surface area contributed by atoms with E-state index in [1.807, 2.05) is 51.2 Å². The van der Waals surface area contributed by atoms with Gasteiger partial charge in [0.25, 0.3) is 0 Å². The van der Waals surface area contributed by atoms with Crippen molar-refractivity contribution in [2.24, 2.45) is 5.92 Å². The maximum atomic E-state index is 13.9. The van der Waals surface area contributed by atoms with E-state index in [9.17, 15) is 19.2 Å². The SMILES string of the molecule is CCC(=O)CCCCC[C@@H]1NC(=O)[C@@H](C)n2cc(nn2)[C@H]([C@@H](C)CC)NC(=O)[C@H](Cc2c[nH]c3ccccc23)NC1=O. The van der Waals surface area contributed by atoms with Gasteiger partial charge in [-0.15, -0.1) is 5.10 Å². The van der Waals surface area contributed by atoms with Crippen LogP contribution in [0.15, 0.2) is 36.7 Å². The Labute approximate surface area is 246 Å². The summed E-state index contributed by atoms with van der Waals surface area (Å²) in [6.07, 6.45) is 8.13. The first-order chi connectivity index (χ1) is 20.2. The minimum Gasteiger partial charge on any atom is -0.361 e. The van der Waals surface area contributed by atoms with Crippen LogP contribution in [0.5, 0.6) is 0 Å². The minimum absolute atomic E-state index is 0.0325. The second-order valence-corrected chi connectivity index (χ2v) is 11.3. The first kappa shape index (κ1) is 30.9. The third-order valence-corrected chi connectivity index (χ3v) is 8.34. The van der Waals surface area contributed by atoms with E-state index in [1.165, 1.54) is 4.68 Å². The zero-order valence-corrected chi connectivity index (χ0v) is 25.0. The summed E-state index contributed by atoms with van der Waals surface area (Å²) in [7, 11) is 0. The number of amides is 3. The van der Waals surface area contributed by atoms with Crippen LogP contribution in [0.25, 0.3) is 10.9 Å². The van der Waals surface area contributed by atoms with Crippen LogP contribution in [0, 0.1) is 5.92 Å². The Balaban J connectivity index is 1.63. The zero-order valence-electron chi connectivity index (χ0n) is 25.0. The number of ketones is 1. The molecule has 0 aliphatic carbocycles. The normalized spacial score (nSPS) is 22.3. The standard InChI is InChI=1S/C31H43N7O4/c1-5-19(3)28-27-18-38(37-36-27)20(4)29(40)33-25(15-9-7-8-12-22(39)6-2)30(41)34-26(31(42)35-28)16-21-17-32-24-14-11-10-13-23(21)24/h10-11,13-14,17-20,25-26,28,32H,5-9,12,15-16H2,1-4H3,(H,33,40)(H,34,41)(H,35,42)/t19-,20+,25-,26-,28-/m0/s1. The van der Waals surface area contributed by atoms with Crippen molar-refractivity contribution in [1.29, 1.82) is 0 Å². The number of benzene rings is 1. The van der Waals surface area contributed by atoms with E-state index in [1.54, 1.807) is 13.1 Å². The molecule has 0 radical (unpaired) electrons. The lowest BCUT2D eigenvalue weighted by Crippen LogP contribution is -2.55. The fraction of sp³-hybridized carbons (Fsp3) is 0.548. The zero-order chi connectivity index (χ0) is 30.2. The molecule has 3 amide bonds. The Morgan fingerprint density at radius 2 is 1.71 bits per heavy atom. The Kier molecular flexibility index (Phi) is 10.5. The number of H-pyrrole nitrogens is 1. The van der Waals surface area contributed by atoms with Gasteiger partial charge in [-0.05, 0) is 37.3 Å². The highest BCUT2D eigenvalue weighted by Crippen LogP contribution is 2.25. The Morgan fingerprint density at radius 3 is 2.48 bits per heavy atom. The number of Topliss-reactive ketones (excluding diaryl/α,β-unsaturated/α-hetero) is 1. The number of fused-ring (bicyclic) bond motifs is 3. The third kappa shape index (κ3) is 7.43. The highest BCUT2D eigenvalue weighted by Gasteiger charge is 2.33. The molecule has 1 aromatic carbocycles. The number of aromatic nitrogens is 4. The average molecular weight is 578 g/mol. The number of hydrogen-bond donors (Lipinski definition) is 4. The summed E-state index contributed by atoms with van der Waals surface area (Å²) < 4.78 is 1.47. The molecular weight excluding hydrogens is 534 g/mol. The van der Waals surface area contributed by atoms with Crippen molar-refractivity contribution in [3.63, 3.8) is 0 Å². The lowest BCUT2D eigenvalue weighted by molar-refractivity contribution is -0.133. The Hall–Kier alpha value is -4.02. The molecule has 0 saturated heterocycles. The smallest absolute Gasteiger partial charge is 0.245 e. The number of unbranched alkanes of at least 4 members (excludes halogenated alkanes) is 2. The number of carbonyl (C=O) groups is 4. The quantitative estimate of drug-likeness (QED) is 0.255. The van der Waals surface area contributed by atoms with Gasteiger partial charge in [0.2, 0.25) is 17.7 Å². The van der Waals surface area contributed by atoms with E-state index >= 15 is 0 Å². The third-order valence-electron chi connectivity index (χ3n) is 8.34. The second-order valence-electron chi connectivity index (χ2n) is 11.3. The monoisotopic (exact) mass is 577 g/mol. The predicted molar refractivity (Wildman–Crippen MR) is 159 cm³/mol. The Bertz CT molecular complexity index is 1400. The van der Waals surface area contributed by atoms with Crippen LogP contribution in [0.4, 0.5) is 0 Å².